The third kappa shape index (κ3) is 6.12. The fraction of sp³-hybridized carbons (Fsp3) is 0.264. The number of fused-ring (bicyclic) bond motifs is 7. The molecule has 0 spiro atoms. The number of hydrogen-bond donors (Lipinski definition) is 0. The summed E-state index contributed by atoms with van der Waals surface area (Å²) in [7, 11) is 0. The van der Waals surface area contributed by atoms with Crippen LogP contribution in [0.5, 0.6) is 0 Å². The molecule has 9 aromatic rings. The number of hydrogen-bond acceptors (Lipinski definition) is 2. The van der Waals surface area contributed by atoms with Crippen LogP contribution in [-0.4, -0.2) is 9.55 Å². The Kier molecular flexibility index (Phi) is 8.51. The summed E-state index contributed by atoms with van der Waals surface area (Å²) in [6, 6.07) is 40.5. The standard InChI is InChI=1S/C53H51FN2O/c1-30(2)41-26-35(34-23-36(52(5,6)7)28-37(24-34)53(8,9)10)27-42(31(3)4)48(41)56-49-45(54)19-14-20-46(49)55-51(56)40-18-13-17-39-44-25-33-22-21-32-15-11-12-16-38(32)43(33)29-47(44)57-50(39)40/h11-31H,1-10H3. The Bertz CT molecular complexity index is 2990. The molecule has 57 heavy (non-hydrogen) atoms. The number of imidazole rings is 1. The lowest BCUT2D eigenvalue weighted by atomic mass is 9.78. The molecule has 0 atom stereocenters. The minimum atomic E-state index is -0.303. The van der Waals surface area contributed by atoms with E-state index >= 15 is 4.39 Å². The van der Waals surface area contributed by atoms with Gasteiger partial charge < -0.3 is 4.42 Å². The molecule has 0 N–H and O–H groups in total. The van der Waals surface area contributed by atoms with Gasteiger partial charge in [0, 0.05) is 10.8 Å². The van der Waals surface area contributed by atoms with Crippen LogP contribution in [0.2, 0.25) is 0 Å². The van der Waals surface area contributed by atoms with Crippen molar-refractivity contribution in [3.05, 3.63) is 143 Å². The molecule has 0 unspecified atom stereocenters. The summed E-state index contributed by atoms with van der Waals surface area (Å²) >= 11 is 0. The lowest BCUT2D eigenvalue weighted by molar-refractivity contribution is 0.569. The highest BCUT2D eigenvalue weighted by atomic mass is 19.1. The summed E-state index contributed by atoms with van der Waals surface area (Å²) in [6.07, 6.45) is 0. The minimum Gasteiger partial charge on any atom is -0.455 e. The molecule has 0 radical (unpaired) electrons. The Morgan fingerprint density at radius 2 is 1.19 bits per heavy atom. The van der Waals surface area contributed by atoms with Gasteiger partial charge in [0.05, 0.1) is 16.8 Å². The molecule has 0 fully saturated rings. The highest BCUT2D eigenvalue weighted by molar-refractivity contribution is 6.17. The normalized spacial score (nSPS) is 12.8. The third-order valence-electron chi connectivity index (χ3n) is 11.9. The zero-order valence-corrected chi connectivity index (χ0v) is 34.8. The first-order valence-corrected chi connectivity index (χ1v) is 20.4. The Labute approximate surface area is 335 Å². The molecule has 7 aromatic carbocycles. The number of rotatable bonds is 5. The molecular weight excluding hydrogens is 700 g/mol. The molecule has 286 valence electrons. The second kappa shape index (κ2) is 13.2. The monoisotopic (exact) mass is 750 g/mol. The molecule has 0 amide bonds. The van der Waals surface area contributed by atoms with Crippen LogP contribution < -0.4 is 0 Å². The second-order valence-electron chi connectivity index (χ2n) is 18.6. The largest absolute Gasteiger partial charge is 0.455 e. The van der Waals surface area contributed by atoms with Crippen LogP contribution in [0.15, 0.2) is 120 Å². The summed E-state index contributed by atoms with van der Waals surface area (Å²) in [5.41, 5.74) is 11.7. The van der Waals surface area contributed by atoms with Crippen molar-refractivity contribution in [3.63, 3.8) is 0 Å². The molecule has 0 saturated heterocycles. The smallest absolute Gasteiger partial charge is 0.149 e. The first-order chi connectivity index (χ1) is 27.1. The van der Waals surface area contributed by atoms with Crippen LogP contribution in [0.1, 0.15) is 103 Å². The fourth-order valence-corrected chi connectivity index (χ4v) is 8.60. The lowest BCUT2D eigenvalue weighted by Gasteiger charge is -2.28. The van der Waals surface area contributed by atoms with E-state index in [1.165, 1.54) is 33.0 Å². The van der Waals surface area contributed by atoms with Crippen molar-refractivity contribution in [2.45, 2.75) is 91.9 Å². The SMILES string of the molecule is CC(C)c1cc(-c2cc(C(C)(C)C)cc(C(C)(C)C)c2)cc(C(C)C)c1-n1c(-c2cccc3c2oc2cc4c(ccc5ccccc54)cc23)nc2cccc(F)c21. The van der Waals surface area contributed by atoms with Crippen molar-refractivity contribution < 1.29 is 8.81 Å². The van der Waals surface area contributed by atoms with E-state index in [1.54, 1.807) is 12.1 Å². The van der Waals surface area contributed by atoms with Crippen molar-refractivity contribution in [1.29, 1.82) is 0 Å². The summed E-state index contributed by atoms with van der Waals surface area (Å²) in [6.45, 7) is 22.7. The van der Waals surface area contributed by atoms with Crippen LogP contribution in [0, 0.1) is 5.82 Å². The lowest BCUT2D eigenvalue weighted by Crippen LogP contribution is -2.16. The van der Waals surface area contributed by atoms with E-state index in [4.69, 9.17) is 9.40 Å². The molecule has 2 heterocycles. The van der Waals surface area contributed by atoms with Gasteiger partial charge in [-0.2, -0.15) is 0 Å². The summed E-state index contributed by atoms with van der Waals surface area (Å²) in [5.74, 6) is 0.622. The van der Waals surface area contributed by atoms with E-state index in [0.29, 0.717) is 16.9 Å². The van der Waals surface area contributed by atoms with Gasteiger partial charge in [0.2, 0.25) is 0 Å². The summed E-state index contributed by atoms with van der Waals surface area (Å²) in [4.78, 5) is 5.26. The molecular formula is C53H51FN2O. The molecule has 0 bridgehead atoms. The van der Waals surface area contributed by atoms with Gasteiger partial charge in [0.1, 0.15) is 28.3 Å². The zero-order chi connectivity index (χ0) is 40.1. The van der Waals surface area contributed by atoms with Crippen molar-refractivity contribution in [2.24, 2.45) is 0 Å². The molecule has 0 saturated carbocycles. The van der Waals surface area contributed by atoms with Crippen LogP contribution >= 0.6 is 0 Å². The number of halogens is 1. The van der Waals surface area contributed by atoms with E-state index in [1.807, 2.05) is 6.07 Å². The average molecular weight is 751 g/mol. The number of furan rings is 1. The Balaban J connectivity index is 1.34. The predicted octanol–water partition coefficient (Wildman–Crippen LogP) is 15.5. The van der Waals surface area contributed by atoms with Gasteiger partial charge >= 0.3 is 0 Å². The van der Waals surface area contributed by atoms with Crippen molar-refractivity contribution in [2.75, 3.05) is 0 Å². The molecule has 0 aliphatic rings. The van der Waals surface area contributed by atoms with Crippen molar-refractivity contribution >= 4 is 54.5 Å². The van der Waals surface area contributed by atoms with Gasteiger partial charge in [-0.15, -0.1) is 0 Å². The Morgan fingerprint density at radius 3 is 1.86 bits per heavy atom. The first-order valence-electron chi connectivity index (χ1n) is 20.4. The van der Waals surface area contributed by atoms with Gasteiger partial charge in [-0.05, 0) is 120 Å². The topological polar surface area (TPSA) is 31.0 Å². The van der Waals surface area contributed by atoms with Gasteiger partial charge in [0.15, 0.2) is 0 Å². The van der Waals surface area contributed by atoms with Crippen LogP contribution in [-0.2, 0) is 10.8 Å². The van der Waals surface area contributed by atoms with Gasteiger partial charge in [-0.25, -0.2) is 9.37 Å². The van der Waals surface area contributed by atoms with E-state index in [9.17, 15) is 0 Å². The summed E-state index contributed by atoms with van der Waals surface area (Å²) < 4.78 is 25.4. The van der Waals surface area contributed by atoms with E-state index in [-0.39, 0.29) is 28.5 Å². The number of benzene rings is 7. The van der Waals surface area contributed by atoms with E-state index in [2.05, 4.69) is 171 Å². The van der Waals surface area contributed by atoms with E-state index in [0.717, 1.165) is 55.1 Å². The maximum Gasteiger partial charge on any atom is 0.149 e. The molecule has 9 rings (SSSR count). The van der Waals surface area contributed by atoms with E-state index < -0.39 is 0 Å². The highest BCUT2D eigenvalue weighted by Gasteiger charge is 2.28. The minimum absolute atomic E-state index is 0.0158. The molecule has 4 heteroatoms. The Morgan fingerprint density at radius 1 is 0.579 bits per heavy atom. The molecule has 2 aromatic heterocycles. The predicted molar refractivity (Wildman–Crippen MR) is 240 cm³/mol. The number of para-hydroxylation sites is 2. The highest BCUT2D eigenvalue weighted by Crippen LogP contribution is 2.45. The average Bonchev–Trinajstić information content (AvgIpc) is 3.74. The molecule has 0 aliphatic heterocycles. The van der Waals surface area contributed by atoms with Gasteiger partial charge in [-0.1, -0.05) is 142 Å². The first kappa shape index (κ1) is 36.9. The van der Waals surface area contributed by atoms with Crippen LogP contribution in [0.4, 0.5) is 4.39 Å². The fourth-order valence-electron chi connectivity index (χ4n) is 8.60. The molecule has 3 nitrogen and oxygen atoms in total. The second-order valence-corrected chi connectivity index (χ2v) is 18.6. The maximum absolute atomic E-state index is 16.5. The molecule has 0 aliphatic carbocycles. The number of nitrogens with zero attached hydrogens (tertiary/aromatic N) is 2. The van der Waals surface area contributed by atoms with Gasteiger partial charge in [-0.3, -0.25) is 4.57 Å². The Hall–Kier alpha value is -5.74. The van der Waals surface area contributed by atoms with Crippen LogP contribution in [0.3, 0.4) is 0 Å². The third-order valence-corrected chi connectivity index (χ3v) is 11.9. The number of aromatic nitrogens is 2. The zero-order valence-electron chi connectivity index (χ0n) is 34.8. The van der Waals surface area contributed by atoms with Crippen molar-refractivity contribution in [3.8, 4) is 28.2 Å². The maximum atomic E-state index is 16.5. The quantitative estimate of drug-likeness (QED) is 0.164. The summed E-state index contributed by atoms with van der Waals surface area (Å²) in [5, 5.41) is 6.76. The van der Waals surface area contributed by atoms with Crippen molar-refractivity contribution in [1.82, 2.24) is 9.55 Å². The van der Waals surface area contributed by atoms with Gasteiger partial charge in [0.25, 0.3) is 0 Å². The van der Waals surface area contributed by atoms with Crippen LogP contribution in [0.25, 0.3) is 82.7 Å².